The summed E-state index contributed by atoms with van der Waals surface area (Å²) in [4.78, 5) is 6.13. The molecule has 1 atom stereocenters. The Kier molecular flexibility index (Phi) is 8.78. The van der Waals surface area contributed by atoms with Gasteiger partial charge in [0, 0.05) is 24.5 Å². The van der Waals surface area contributed by atoms with Crippen molar-refractivity contribution in [3.05, 3.63) is 34.0 Å². The van der Waals surface area contributed by atoms with Gasteiger partial charge in [-0.3, -0.25) is 0 Å². The maximum Gasteiger partial charge on any atom is 0.191 e. The fourth-order valence-electron chi connectivity index (χ4n) is 2.79. The third-order valence-corrected chi connectivity index (χ3v) is 5.54. The van der Waals surface area contributed by atoms with E-state index in [-0.39, 0.29) is 0 Å². The molecular formula is C20H34N6S. The molecule has 2 heterocycles. The minimum absolute atomic E-state index is 0.387. The standard InChI is InChI=1S/C20H34N6S/c1-15(2)8-6-9-16(3)23-20(21-12-11-18-10-7-13-27-18)22-14-19-25-24-17(4)26(19)5/h7,10,13,15-16H,6,8-9,11-12,14H2,1-5H3,(H2,21,22,23). The number of hydrogen-bond acceptors (Lipinski definition) is 4. The molecule has 0 spiro atoms. The van der Waals surface area contributed by atoms with E-state index in [1.807, 2.05) is 18.5 Å². The van der Waals surface area contributed by atoms with E-state index in [0.29, 0.717) is 12.6 Å². The highest BCUT2D eigenvalue weighted by Crippen LogP contribution is 2.09. The highest BCUT2D eigenvalue weighted by molar-refractivity contribution is 7.09. The van der Waals surface area contributed by atoms with Gasteiger partial charge < -0.3 is 15.2 Å². The highest BCUT2D eigenvalue weighted by atomic mass is 32.1. The van der Waals surface area contributed by atoms with Crippen molar-refractivity contribution in [1.82, 2.24) is 25.4 Å². The van der Waals surface area contributed by atoms with Crippen molar-refractivity contribution in [3.8, 4) is 0 Å². The lowest BCUT2D eigenvalue weighted by atomic mass is 10.0. The monoisotopic (exact) mass is 390 g/mol. The van der Waals surface area contributed by atoms with Gasteiger partial charge in [-0.1, -0.05) is 32.8 Å². The molecule has 0 aliphatic heterocycles. The summed E-state index contributed by atoms with van der Waals surface area (Å²) < 4.78 is 1.98. The van der Waals surface area contributed by atoms with Gasteiger partial charge in [-0.15, -0.1) is 21.5 Å². The van der Waals surface area contributed by atoms with Crippen molar-refractivity contribution in [2.75, 3.05) is 6.54 Å². The first-order valence-electron chi connectivity index (χ1n) is 9.87. The van der Waals surface area contributed by atoms with Gasteiger partial charge >= 0.3 is 0 Å². The van der Waals surface area contributed by atoms with Crippen molar-refractivity contribution >= 4 is 17.3 Å². The van der Waals surface area contributed by atoms with E-state index < -0.39 is 0 Å². The van der Waals surface area contributed by atoms with Crippen LogP contribution in [0.2, 0.25) is 0 Å². The van der Waals surface area contributed by atoms with E-state index in [1.165, 1.54) is 17.7 Å². The predicted molar refractivity (Wildman–Crippen MR) is 114 cm³/mol. The minimum atomic E-state index is 0.387. The summed E-state index contributed by atoms with van der Waals surface area (Å²) >= 11 is 1.80. The van der Waals surface area contributed by atoms with Crippen LogP contribution in [-0.2, 0) is 20.0 Å². The zero-order valence-electron chi connectivity index (χ0n) is 17.3. The van der Waals surface area contributed by atoms with Crippen LogP contribution in [0.25, 0.3) is 0 Å². The molecule has 0 saturated carbocycles. The molecule has 1 unspecified atom stereocenters. The average Bonchev–Trinajstić information content (AvgIpc) is 3.24. The topological polar surface area (TPSA) is 67.1 Å². The first-order valence-corrected chi connectivity index (χ1v) is 10.8. The molecule has 2 aromatic rings. The number of nitrogens with zero attached hydrogens (tertiary/aromatic N) is 4. The van der Waals surface area contributed by atoms with Crippen LogP contribution < -0.4 is 10.6 Å². The van der Waals surface area contributed by atoms with E-state index in [2.05, 4.69) is 59.1 Å². The molecule has 0 fully saturated rings. The zero-order valence-corrected chi connectivity index (χ0v) is 18.1. The molecular weight excluding hydrogens is 356 g/mol. The van der Waals surface area contributed by atoms with Gasteiger partial charge in [-0.05, 0) is 44.1 Å². The Morgan fingerprint density at radius 3 is 2.70 bits per heavy atom. The first-order chi connectivity index (χ1) is 13.0. The molecule has 0 saturated heterocycles. The molecule has 0 aromatic carbocycles. The second-order valence-electron chi connectivity index (χ2n) is 7.51. The van der Waals surface area contributed by atoms with E-state index in [9.17, 15) is 0 Å². The fourth-order valence-corrected chi connectivity index (χ4v) is 3.50. The molecule has 0 aliphatic carbocycles. The lowest BCUT2D eigenvalue weighted by Crippen LogP contribution is -2.43. The Bertz CT molecular complexity index is 689. The fraction of sp³-hybridized carbons (Fsp3) is 0.650. The van der Waals surface area contributed by atoms with Crippen molar-refractivity contribution in [2.24, 2.45) is 18.0 Å². The molecule has 0 radical (unpaired) electrons. The molecule has 2 aromatic heterocycles. The largest absolute Gasteiger partial charge is 0.356 e. The van der Waals surface area contributed by atoms with Gasteiger partial charge in [-0.2, -0.15) is 0 Å². The summed E-state index contributed by atoms with van der Waals surface area (Å²) in [5, 5.41) is 17.5. The second-order valence-corrected chi connectivity index (χ2v) is 8.55. The summed E-state index contributed by atoms with van der Waals surface area (Å²) in [6.07, 6.45) is 4.65. The molecule has 150 valence electrons. The maximum absolute atomic E-state index is 4.74. The van der Waals surface area contributed by atoms with E-state index >= 15 is 0 Å². The summed E-state index contributed by atoms with van der Waals surface area (Å²) in [7, 11) is 1.98. The van der Waals surface area contributed by atoms with Gasteiger partial charge in [0.1, 0.15) is 12.4 Å². The van der Waals surface area contributed by atoms with Gasteiger partial charge in [-0.25, -0.2) is 4.99 Å². The van der Waals surface area contributed by atoms with Crippen LogP contribution in [0.4, 0.5) is 0 Å². The lowest BCUT2D eigenvalue weighted by Gasteiger charge is -2.18. The number of nitrogens with one attached hydrogen (secondary N) is 2. The van der Waals surface area contributed by atoms with Gasteiger partial charge in [0.25, 0.3) is 0 Å². The van der Waals surface area contributed by atoms with E-state index in [0.717, 1.165) is 42.9 Å². The number of aliphatic imine (C=N–C) groups is 1. The van der Waals surface area contributed by atoms with Crippen molar-refractivity contribution in [1.29, 1.82) is 0 Å². The maximum atomic E-state index is 4.74. The van der Waals surface area contributed by atoms with Gasteiger partial charge in [0.2, 0.25) is 0 Å². The molecule has 0 bridgehead atoms. The highest BCUT2D eigenvalue weighted by Gasteiger charge is 2.09. The molecule has 0 aliphatic rings. The lowest BCUT2D eigenvalue weighted by molar-refractivity contribution is 0.491. The number of guanidine groups is 1. The van der Waals surface area contributed by atoms with Crippen LogP contribution in [0.5, 0.6) is 0 Å². The average molecular weight is 391 g/mol. The molecule has 2 rings (SSSR count). The Balaban J connectivity index is 1.91. The van der Waals surface area contributed by atoms with Crippen LogP contribution in [0.1, 0.15) is 56.6 Å². The zero-order chi connectivity index (χ0) is 19.6. The predicted octanol–water partition coefficient (Wildman–Crippen LogP) is 3.68. The summed E-state index contributed by atoms with van der Waals surface area (Å²) in [6.45, 7) is 10.1. The van der Waals surface area contributed by atoms with Gasteiger partial charge in [0.05, 0.1) is 0 Å². The SMILES string of the molecule is Cc1nnc(CN=C(NCCc2cccs2)NC(C)CCCC(C)C)n1C. The van der Waals surface area contributed by atoms with E-state index in [1.54, 1.807) is 11.3 Å². The number of hydrogen-bond donors (Lipinski definition) is 2. The normalized spacial score (nSPS) is 13.2. The van der Waals surface area contributed by atoms with Crippen molar-refractivity contribution < 1.29 is 0 Å². The minimum Gasteiger partial charge on any atom is -0.356 e. The summed E-state index contributed by atoms with van der Waals surface area (Å²) in [5.41, 5.74) is 0. The van der Waals surface area contributed by atoms with Crippen LogP contribution in [0.3, 0.4) is 0 Å². The Morgan fingerprint density at radius 1 is 1.26 bits per heavy atom. The molecule has 6 nitrogen and oxygen atoms in total. The van der Waals surface area contributed by atoms with E-state index in [4.69, 9.17) is 4.99 Å². The smallest absolute Gasteiger partial charge is 0.191 e. The summed E-state index contributed by atoms with van der Waals surface area (Å²) in [6, 6.07) is 4.66. The third kappa shape index (κ3) is 7.71. The number of rotatable bonds is 10. The molecule has 0 amide bonds. The van der Waals surface area contributed by atoms with Crippen molar-refractivity contribution in [2.45, 2.75) is 66.0 Å². The molecule has 7 heteroatoms. The van der Waals surface area contributed by atoms with Crippen LogP contribution in [0.15, 0.2) is 22.5 Å². The van der Waals surface area contributed by atoms with Crippen LogP contribution in [-0.4, -0.2) is 33.3 Å². The number of aryl methyl sites for hydroxylation is 1. The Hall–Kier alpha value is -1.89. The van der Waals surface area contributed by atoms with Gasteiger partial charge in [0.15, 0.2) is 11.8 Å². The van der Waals surface area contributed by atoms with Crippen LogP contribution >= 0.6 is 11.3 Å². The quantitative estimate of drug-likeness (QED) is 0.480. The Morgan fingerprint density at radius 2 is 2.07 bits per heavy atom. The third-order valence-electron chi connectivity index (χ3n) is 4.61. The number of aromatic nitrogens is 3. The molecule has 2 N–H and O–H groups in total. The number of thiophene rings is 1. The Labute approximate surface area is 167 Å². The summed E-state index contributed by atoms with van der Waals surface area (Å²) in [5.74, 6) is 3.39. The van der Waals surface area contributed by atoms with Crippen molar-refractivity contribution in [3.63, 3.8) is 0 Å². The molecule has 27 heavy (non-hydrogen) atoms. The first kappa shape index (κ1) is 21.4. The second kappa shape index (κ2) is 11.1. The van der Waals surface area contributed by atoms with Crippen LogP contribution in [0, 0.1) is 12.8 Å².